The second-order valence-electron chi connectivity index (χ2n) is 3.29. The molecule has 3 nitrogen and oxygen atoms in total. The molecule has 0 atom stereocenters. The lowest BCUT2D eigenvalue weighted by atomic mass is 9.84. The molecule has 78 valence electrons. The topological polar surface area (TPSA) is 46.2 Å². The Morgan fingerprint density at radius 3 is 2.46 bits per heavy atom. The zero-order chi connectivity index (χ0) is 9.95. The zero-order valence-corrected chi connectivity index (χ0v) is 10.8. The molecule has 0 heterocycles. The largest absolute Gasteiger partial charge is 0.221 e. The summed E-state index contributed by atoms with van der Waals surface area (Å²) in [5.74, 6) is 0. The number of hydrogen-bond acceptors (Lipinski definition) is 3. The highest BCUT2D eigenvalue weighted by atomic mass is 79.9. The maximum absolute atomic E-state index is 11.1. The van der Waals surface area contributed by atoms with Crippen LogP contribution in [0, 0.1) is 0 Å². The highest BCUT2D eigenvalue weighted by Gasteiger charge is 2.36. The van der Waals surface area contributed by atoms with Crippen molar-refractivity contribution in [3.63, 3.8) is 0 Å². The van der Waals surface area contributed by atoms with Crippen molar-refractivity contribution in [3.05, 3.63) is 0 Å². The van der Waals surface area contributed by atoms with Gasteiger partial charge in [-0.2, -0.15) is 11.8 Å². The molecule has 1 N–H and O–H groups in total. The molecule has 1 saturated carbocycles. The first-order valence-corrected chi connectivity index (χ1v) is 8.12. The molecule has 1 rings (SSSR count). The fourth-order valence-electron chi connectivity index (χ4n) is 1.30. The summed E-state index contributed by atoms with van der Waals surface area (Å²) < 4.78 is 25.0. The van der Waals surface area contributed by atoms with Crippen LogP contribution >= 0.6 is 27.7 Å². The average Bonchev–Trinajstić information content (AvgIpc) is 2.03. The van der Waals surface area contributed by atoms with Gasteiger partial charge in [-0.15, -0.1) is 0 Å². The molecular weight excluding hydrogens is 274 g/mol. The monoisotopic (exact) mass is 287 g/mol. The van der Waals surface area contributed by atoms with E-state index in [0.717, 1.165) is 12.8 Å². The van der Waals surface area contributed by atoms with Crippen molar-refractivity contribution in [1.82, 2.24) is 4.72 Å². The summed E-state index contributed by atoms with van der Waals surface area (Å²) in [5, 5.41) is 0. The van der Waals surface area contributed by atoms with Gasteiger partial charge in [0.05, 0.1) is 0 Å². The second kappa shape index (κ2) is 4.51. The Balaban J connectivity index is 2.41. The number of hydrogen-bond donors (Lipinski definition) is 1. The molecule has 6 heteroatoms. The first kappa shape index (κ1) is 11.8. The average molecular weight is 288 g/mol. The fraction of sp³-hybridized carbons (Fsp3) is 1.00. The number of halogens is 1. The number of thioether (sulfide) groups is 1. The summed E-state index contributed by atoms with van der Waals surface area (Å²) in [5.41, 5.74) is 0. The smallest absolute Gasteiger partial charge is 0.213 e. The number of alkyl halides is 1. The van der Waals surface area contributed by atoms with Crippen molar-refractivity contribution >= 4 is 37.7 Å². The lowest BCUT2D eigenvalue weighted by Gasteiger charge is -2.40. The highest BCUT2D eigenvalue weighted by molar-refractivity contribution is 9.10. The van der Waals surface area contributed by atoms with E-state index >= 15 is 0 Å². The standard InChI is InChI=1S/C7H14BrNO2S2/c1-12-7(3-2-4-7)5-9-13(10,11)6-8/h9H,2-6H2,1H3. The van der Waals surface area contributed by atoms with Gasteiger partial charge in [0.2, 0.25) is 10.0 Å². The van der Waals surface area contributed by atoms with Gasteiger partial charge in [0, 0.05) is 11.3 Å². The van der Waals surface area contributed by atoms with E-state index in [0.29, 0.717) is 6.54 Å². The van der Waals surface area contributed by atoms with Crippen LogP contribution in [0.4, 0.5) is 0 Å². The van der Waals surface area contributed by atoms with E-state index < -0.39 is 10.0 Å². The molecule has 13 heavy (non-hydrogen) atoms. The normalized spacial score (nSPS) is 21.1. The van der Waals surface area contributed by atoms with E-state index in [1.165, 1.54) is 6.42 Å². The minimum atomic E-state index is -3.09. The Morgan fingerprint density at radius 2 is 2.15 bits per heavy atom. The first-order valence-electron chi connectivity index (χ1n) is 4.12. The van der Waals surface area contributed by atoms with E-state index in [1.807, 2.05) is 6.26 Å². The summed E-state index contributed by atoms with van der Waals surface area (Å²) in [4.78, 5) is 0. The van der Waals surface area contributed by atoms with Crippen LogP contribution in [-0.4, -0.2) is 30.6 Å². The van der Waals surface area contributed by atoms with Gasteiger partial charge in [0.25, 0.3) is 0 Å². The number of nitrogens with one attached hydrogen (secondary N) is 1. The first-order chi connectivity index (χ1) is 6.04. The number of sulfonamides is 1. The summed E-state index contributed by atoms with van der Waals surface area (Å²) in [6.45, 7) is 0.572. The predicted molar refractivity (Wildman–Crippen MR) is 60.8 cm³/mol. The van der Waals surface area contributed by atoms with Crippen LogP contribution in [0.15, 0.2) is 0 Å². The zero-order valence-electron chi connectivity index (χ0n) is 7.55. The molecule has 0 aromatic carbocycles. The van der Waals surface area contributed by atoms with Crippen LogP contribution in [0.25, 0.3) is 0 Å². The summed E-state index contributed by atoms with van der Waals surface area (Å²) in [7, 11) is -3.09. The lowest BCUT2D eigenvalue weighted by Crippen LogP contribution is -2.45. The molecule has 0 aliphatic heterocycles. The van der Waals surface area contributed by atoms with Gasteiger partial charge >= 0.3 is 0 Å². The molecule has 1 fully saturated rings. The Morgan fingerprint density at radius 1 is 1.54 bits per heavy atom. The van der Waals surface area contributed by atoms with Crippen LogP contribution in [0.1, 0.15) is 19.3 Å². The maximum Gasteiger partial charge on any atom is 0.221 e. The van der Waals surface area contributed by atoms with Gasteiger partial charge in [0.1, 0.15) is 4.66 Å². The van der Waals surface area contributed by atoms with Crippen molar-refractivity contribution in [2.75, 3.05) is 17.5 Å². The van der Waals surface area contributed by atoms with Gasteiger partial charge < -0.3 is 0 Å². The fourth-order valence-corrected chi connectivity index (χ4v) is 3.37. The van der Waals surface area contributed by atoms with Crippen molar-refractivity contribution in [2.24, 2.45) is 0 Å². The van der Waals surface area contributed by atoms with Crippen LogP contribution in [0.3, 0.4) is 0 Å². The van der Waals surface area contributed by atoms with Crippen molar-refractivity contribution in [2.45, 2.75) is 24.0 Å². The third-order valence-corrected chi connectivity index (χ3v) is 6.55. The summed E-state index contributed by atoms with van der Waals surface area (Å²) in [6, 6.07) is 0. The van der Waals surface area contributed by atoms with Gasteiger partial charge in [0.15, 0.2) is 0 Å². The van der Waals surface area contributed by atoms with Gasteiger partial charge in [-0.25, -0.2) is 13.1 Å². The molecule has 0 aromatic heterocycles. The lowest BCUT2D eigenvalue weighted by molar-refractivity contribution is 0.362. The molecular formula is C7H14BrNO2S2. The van der Waals surface area contributed by atoms with Gasteiger partial charge in [-0.3, -0.25) is 0 Å². The molecule has 0 spiro atoms. The molecule has 0 unspecified atom stereocenters. The third kappa shape index (κ3) is 3.11. The Hall–Kier alpha value is 0.740. The van der Waals surface area contributed by atoms with E-state index in [4.69, 9.17) is 0 Å². The van der Waals surface area contributed by atoms with E-state index in [1.54, 1.807) is 11.8 Å². The molecule has 0 amide bonds. The molecule has 1 aliphatic carbocycles. The van der Waals surface area contributed by atoms with Crippen LogP contribution in [0.2, 0.25) is 0 Å². The van der Waals surface area contributed by atoms with E-state index in [-0.39, 0.29) is 9.41 Å². The summed E-state index contributed by atoms with van der Waals surface area (Å²) in [6.07, 6.45) is 5.51. The minimum absolute atomic E-state index is 0.00946. The minimum Gasteiger partial charge on any atom is -0.213 e. The van der Waals surface area contributed by atoms with Crippen LogP contribution < -0.4 is 4.72 Å². The third-order valence-electron chi connectivity index (χ3n) is 2.46. The van der Waals surface area contributed by atoms with E-state index in [9.17, 15) is 8.42 Å². The predicted octanol–water partition coefficient (Wildman–Crippen LogP) is 1.54. The molecule has 0 saturated heterocycles. The Bertz CT molecular complexity index is 256. The maximum atomic E-state index is 11.1. The quantitative estimate of drug-likeness (QED) is 0.781. The Labute approximate surface area is 92.2 Å². The molecule has 0 radical (unpaired) electrons. The SMILES string of the molecule is CSC1(CNS(=O)(=O)CBr)CCC1. The van der Waals surface area contributed by atoms with Crippen molar-refractivity contribution in [3.8, 4) is 0 Å². The van der Waals surface area contributed by atoms with Crippen molar-refractivity contribution < 1.29 is 8.42 Å². The second-order valence-corrected chi connectivity index (χ2v) is 7.67. The van der Waals surface area contributed by atoms with Crippen LogP contribution in [-0.2, 0) is 10.0 Å². The summed E-state index contributed by atoms with van der Waals surface area (Å²) >= 11 is 4.71. The highest BCUT2D eigenvalue weighted by Crippen LogP contribution is 2.42. The Kier molecular flexibility index (Phi) is 4.09. The molecule has 0 bridgehead atoms. The van der Waals surface area contributed by atoms with Gasteiger partial charge in [-0.1, -0.05) is 22.4 Å². The van der Waals surface area contributed by atoms with E-state index in [2.05, 4.69) is 20.7 Å². The van der Waals surface area contributed by atoms with Crippen LogP contribution in [0.5, 0.6) is 0 Å². The van der Waals surface area contributed by atoms with Gasteiger partial charge in [-0.05, 0) is 19.1 Å². The molecule has 1 aliphatic rings. The number of rotatable bonds is 5. The molecule has 0 aromatic rings. The van der Waals surface area contributed by atoms with Crippen molar-refractivity contribution in [1.29, 1.82) is 0 Å².